The summed E-state index contributed by atoms with van der Waals surface area (Å²) in [4.78, 5) is 10.1. The number of hydrogen-bond donors (Lipinski definition) is 4. The van der Waals surface area contributed by atoms with Crippen LogP contribution in [-0.4, -0.2) is 35.4 Å². The molecule has 5 nitrogen and oxygen atoms in total. The second kappa shape index (κ2) is 10.5. The van der Waals surface area contributed by atoms with Crippen molar-refractivity contribution in [1.29, 1.82) is 0 Å². The molecule has 0 amide bonds. The molecule has 0 bridgehead atoms. The summed E-state index contributed by atoms with van der Waals surface area (Å²) in [6.07, 6.45) is 3.63. The van der Waals surface area contributed by atoms with E-state index in [0.717, 1.165) is 32.2 Å². The molecule has 0 aromatic heterocycles. The number of carboxylic acids is 1. The fourth-order valence-corrected chi connectivity index (χ4v) is 1.82. The number of aryl methyl sites for hydroxylation is 1. The van der Waals surface area contributed by atoms with Crippen LogP contribution in [0, 0.1) is 0 Å². The largest absolute Gasteiger partial charge is 0.480 e. The summed E-state index contributed by atoms with van der Waals surface area (Å²) in [7, 11) is 0. The molecule has 5 heteroatoms. The highest BCUT2D eigenvalue weighted by atomic mass is 16.4. The van der Waals surface area contributed by atoms with Gasteiger partial charge in [-0.25, -0.2) is 0 Å². The number of aliphatic hydroxyl groups is 1. The molecule has 1 aromatic carbocycles. The number of aliphatic hydroxyl groups excluding tert-OH is 1. The van der Waals surface area contributed by atoms with Gasteiger partial charge in [-0.1, -0.05) is 30.3 Å². The average molecular weight is 268 g/mol. The van der Waals surface area contributed by atoms with E-state index in [2.05, 4.69) is 17.4 Å². The summed E-state index contributed by atoms with van der Waals surface area (Å²) in [6, 6.07) is 9.93. The van der Waals surface area contributed by atoms with Gasteiger partial charge in [-0.2, -0.15) is 0 Å². The minimum atomic E-state index is -0.720. The molecule has 19 heavy (non-hydrogen) atoms. The van der Waals surface area contributed by atoms with Gasteiger partial charge in [0.1, 0.15) is 6.04 Å². The lowest BCUT2D eigenvalue weighted by molar-refractivity contribution is -0.139. The first-order valence-corrected chi connectivity index (χ1v) is 6.35. The molecule has 1 aliphatic heterocycles. The van der Waals surface area contributed by atoms with Crippen molar-refractivity contribution in [3.05, 3.63) is 35.9 Å². The maximum absolute atomic E-state index is 10.1. The van der Waals surface area contributed by atoms with E-state index in [1.54, 1.807) is 0 Å². The lowest BCUT2D eigenvalue weighted by Crippen LogP contribution is -2.29. The van der Waals surface area contributed by atoms with E-state index in [0.29, 0.717) is 0 Å². The van der Waals surface area contributed by atoms with Crippen molar-refractivity contribution in [2.75, 3.05) is 13.2 Å². The molecule has 2 rings (SSSR count). The van der Waals surface area contributed by atoms with Crippen LogP contribution in [0.4, 0.5) is 0 Å². The van der Waals surface area contributed by atoms with Gasteiger partial charge >= 0.3 is 5.97 Å². The van der Waals surface area contributed by atoms with Gasteiger partial charge in [0.05, 0.1) is 0 Å². The number of rotatable bonds is 4. The summed E-state index contributed by atoms with van der Waals surface area (Å²) in [6.45, 7) is 1.14. The van der Waals surface area contributed by atoms with Crippen LogP contribution in [0.15, 0.2) is 30.3 Å². The van der Waals surface area contributed by atoms with Gasteiger partial charge in [0.2, 0.25) is 0 Å². The van der Waals surface area contributed by atoms with E-state index in [-0.39, 0.29) is 18.8 Å². The highest BCUT2D eigenvalue weighted by Gasteiger charge is 2.20. The third kappa shape index (κ3) is 7.56. The van der Waals surface area contributed by atoms with Crippen molar-refractivity contribution in [3.8, 4) is 0 Å². The van der Waals surface area contributed by atoms with E-state index in [1.807, 2.05) is 18.2 Å². The summed E-state index contributed by atoms with van der Waals surface area (Å²) in [5.74, 6) is -0.720. The normalized spacial score (nSPS) is 17.0. The predicted molar refractivity (Wildman–Crippen MR) is 75.5 cm³/mol. The molecule has 6 N–H and O–H groups in total. The number of benzene rings is 1. The lowest BCUT2D eigenvalue weighted by atomic mass is 10.1. The molecule has 1 aromatic rings. The molecular weight excluding hydrogens is 244 g/mol. The number of carbonyl (C=O) groups is 1. The van der Waals surface area contributed by atoms with Crippen molar-refractivity contribution >= 4 is 5.97 Å². The highest BCUT2D eigenvalue weighted by molar-refractivity contribution is 5.73. The minimum Gasteiger partial charge on any atom is -0.480 e. The second-order valence-corrected chi connectivity index (χ2v) is 4.30. The van der Waals surface area contributed by atoms with Crippen molar-refractivity contribution in [2.45, 2.75) is 31.7 Å². The quantitative estimate of drug-likeness (QED) is 0.664. The average Bonchev–Trinajstić information content (AvgIpc) is 2.92. The Morgan fingerprint density at radius 2 is 2.00 bits per heavy atom. The van der Waals surface area contributed by atoms with Crippen LogP contribution in [0.5, 0.6) is 0 Å². The first kappa shape index (κ1) is 17.6. The zero-order valence-electron chi connectivity index (χ0n) is 11.2. The van der Waals surface area contributed by atoms with Crippen LogP contribution in [0.1, 0.15) is 24.8 Å². The first-order valence-electron chi connectivity index (χ1n) is 6.35. The van der Waals surface area contributed by atoms with E-state index in [4.69, 9.17) is 10.2 Å². The van der Waals surface area contributed by atoms with Crippen LogP contribution in [0.2, 0.25) is 0 Å². The van der Waals surface area contributed by atoms with Crippen molar-refractivity contribution in [3.63, 3.8) is 0 Å². The number of aliphatic carboxylic acids is 1. The second-order valence-electron chi connectivity index (χ2n) is 4.30. The Morgan fingerprint density at radius 3 is 2.42 bits per heavy atom. The van der Waals surface area contributed by atoms with Gasteiger partial charge in [0.15, 0.2) is 0 Å². The number of nitrogens with one attached hydrogen (secondary N) is 1. The molecule has 1 saturated heterocycles. The molecule has 0 saturated carbocycles. The van der Waals surface area contributed by atoms with Crippen molar-refractivity contribution < 1.29 is 15.0 Å². The SMILES string of the molecule is N.O=C(O)[C@@H]1CCCN1.OCCCc1ccccc1. The zero-order valence-corrected chi connectivity index (χ0v) is 11.2. The zero-order chi connectivity index (χ0) is 13.2. The Hall–Kier alpha value is -1.43. The van der Waals surface area contributed by atoms with E-state index >= 15 is 0 Å². The molecule has 1 atom stereocenters. The van der Waals surface area contributed by atoms with Gasteiger partial charge in [-0.3, -0.25) is 4.79 Å². The maximum atomic E-state index is 10.1. The summed E-state index contributed by atoms with van der Waals surface area (Å²) in [5, 5.41) is 19.7. The number of carboxylic acid groups (broad SMARTS) is 1. The molecule has 1 aliphatic rings. The van der Waals surface area contributed by atoms with Crippen molar-refractivity contribution in [1.82, 2.24) is 11.5 Å². The van der Waals surface area contributed by atoms with Gasteiger partial charge in [-0.15, -0.1) is 0 Å². The van der Waals surface area contributed by atoms with Gasteiger partial charge in [0.25, 0.3) is 0 Å². The van der Waals surface area contributed by atoms with E-state index < -0.39 is 5.97 Å². The fraction of sp³-hybridized carbons (Fsp3) is 0.500. The third-order valence-electron chi connectivity index (χ3n) is 2.82. The lowest BCUT2D eigenvalue weighted by Gasteiger charge is -1.99. The Labute approximate surface area is 114 Å². The van der Waals surface area contributed by atoms with Crippen LogP contribution < -0.4 is 11.5 Å². The van der Waals surface area contributed by atoms with Crippen LogP contribution in [0.25, 0.3) is 0 Å². The van der Waals surface area contributed by atoms with Crippen molar-refractivity contribution in [2.24, 2.45) is 0 Å². The smallest absolute Gasteiger partial charge is 0.320 e. The topological polar surface area (TPSA) is 105 Å². The molecule has 1 heterocycles. The molecule has 0 spiro atoms. The van der Waals surface area contributed by atoms with Gasteiger partial charge in [-0.05, 0) is 37.8 Å². The molecule has 0 aliphatic carbocycles. The standard InChI is InChI=1S/C9H12O.C5H9NO2.H3N/c10-8-4-7-9-5-2-1-3-6-9;7-5(8)4-2-1-3-6-4;/h1-3,5-6,10H,4,7-8H2;4,6H,1-3H2,(H,7,8);1H3/t;4-;/m.0./s1. The third-order valence-corrected chi connectivity index (χ3v) is 2.82. The Kier molecular flexibility index (Phi) is 9.70. The fourth-order valence-electron chi connectivity index (χ4n) is 1.82. The summed E-state index contributed by atoms with van der Waals surface area (Å²) < 4.78 is 0. The van der Waals surface area contributed by atoms with Gasteiger partial charge < -0.3 is 21.7 Å². The Balaban J connectivity index is 0.000000331. The van der Waals surface area contributed by atoms with E-state index in [9.17, 15) is 4.79 Å². The molecular formula is C14H24N2O3. The predicted octanol–water partition coefficient (Wildman–Crippen LogP) is 1.60. The summed E-state index contributed by atoms with van der Waals surface area (Å²) in [5.41, 5.74) is 1.30. The van der Waals surface area contributed by atoms with Crippen LogP contribution >= 0.6 is 0 Å². The monoisotopic (exact) mass is 268 g/mol. The molecule has 108 valence electrons. The highest BCUT2D eigenvalue weighted by Crippen LogP contribution is 2.03. The van der Waals surface area contributed by atoms with Crippen LogP contribution in [0.3, 0.4) is 0 Å². The van der Waals surface area contributed by atoms with Crippen LogP contribution in [-0.2, 0) is 11.2 Å². The Morgan fingerprint density at radius 1 is 1.32 bits per heavy atom. The van der Waals surface area contributed by atoms with E-state index in [1.165, 1.54) is 5.56 Å². The number of hydrogen-bond acceptors (Lipinski definition) is 4. The Bertz CT molecular complexity index is 338. The molecule has 0 unspecified atom stereocenters. The molecule has 1 fully saturated rings. The molecule has 0 radical (unpaired) electrons. The first-order chi connectivity index (χ1) is 8.74. The maximum Gasteiger partial charge on any atom is 0.320 e. The minimum absolute atomic E-state index is 0. The van der Waals surface area contributed by atoms with Gasteiger partial charge in [0, 0.05) is 6.61 Å². The summed E-state index contributed by atoms with van der Waals surface area (Å²) >= 11 is 0.